The average molecular weight is 247 g/mol. The molecule has 0 radical (unpaired) electrons. The van der Waals surface area contributed by atoms with Gasteiger partial charge in [-0.2, -0.15) is 0 Å². The molecule has 4 heteroatoms. The van der Waals surface area contributed by atoms with Gasteiger partial charge in [0.25, 0.3) is 0 Å². The summed E-state index contributed by atoms with van der Waals surface area (Å²) in [6.45, 7) is 7.23. The number of rotatable bonds is 6. The lowest BCUT2D eigenvalue weighted by atomic mass is 10.2. The van der Waals surface area contributed by atoms with Gasteiger partial charge in [-0.1, -0.05) is 6.92 Å². The Bertz CT molecular complexity index is 279. The monoisotopic (exact) mass is 246 g/mol. The maximum absolute atomic E-state index is 5.73. The summed E-state index contributed by atoms with van der Waals surface area (Å²) in [4.78, 5) is 5.82. The molecule has 0 aliphatic rings. The largest absolute Gasteiger partial charge is 0.308 e. The molecule has 1 unspecified atom stereocenters. The van der Waals surface area contributed by atoms with Crippen molar-refractivity contribution in [2.45, 2.75) is 46.2 Å². The number of alkyl halides is 1. The second-order valence-electron chi connectivity index (χ2n) is 3.71. The highest BCUT2D eigenvalue weighted by atomic mass is 35.5. The smallest absolute Gasteiger partial charge is 0.107 e. The lowest BCUT2D eigenvalue weighted by Crippen LogP contribution is -2.28. The van der Waals surface area contributed by atoms with Gasteiger partial charge in [-0.05, 0) is 26.7 Å². The third-order valence-electron chi connectivity index (χ3n) is 2.57. The van der Waals surface area contributed by atoms with Crippen LogP contribution in [0.2, 0.25) is 0 Å². The second kappa shape index (κ2) is 6.46. The minimum atomic E-state index is 0.520. The van der Waals surface area contributed by atoms with Crippen molar-refractivity contribution in [3.05, 3.63) is 15.6 Å². The van der Waals surface area contributed by atoms with Crippen molar-refractivity contribution < 1.29 is 0 Å². The Kier molecular flexibility index (Phi) is 5.58. The molecular weight excluding hydrogens is 228 g/mol. The molecule has 0 aromatic carbocycles. The maximum Gasteiger partial charge on any atom is 0.107 e. The Morgan fingerprint density at radius 1 is 1.47 bits per heavy atom. The Morgan fingerprint density at radius 2 is 2.20 bits per heavy atom. The number of hydrogen-bond donors (Lipinski definition) is 1. The third-order valence-corrected chi connectivity index (χ3v) is 3.86. The van der Waals surface area contributed by atoms with E-state index < -0.39 is 0 Å². The van der Waals surface area contributed by atoms with Crippen LogP contribution in [0.3, 0.4) is 0 Å². The molecule has 1 N–H and O–H groups in total. The minimum absolute atomic E-state index is 0.520. The molecule has 0 spiro atoms. The van der Waals surface area contributed by atoms with E-state index in [0.717, 1.165) is 31.0 Å². The molecule has 0 bridgehead atoms. The Hall–Kier alpha value is -0.120. The normalized spacial score (nSPS) is 13.1. The van der Waals surface area contributed by atoms with E-state index in [1.807, 2.05) is 0 Å². The van der Waals surface area contributed by atoms with Crippen molar-refractivity contribution in [1.29, 1.82) is 0 Å². The fourth-order valence-electron chi connectivity index (χ4n) is 1.43. The Balaban J connectivity index is 2.41. The van der Waals surface area contributed by atoms with Crippen LogP contribution >= 0.6 is 22.9 Å². The van der Waals surface area contributed by atoms with Gasteiger partial charge in [0.05, 0.1) is 5.69 Å². The topological polar surface area (TPSA) is 24.9 Å². The highest BCUT2D eigenvalue weighted by Crippen LogP contribution is 2.16. The second-order valence-corrected chi connectivity index (χ2v) is 5.38. The number of thiazole rings is 1. The molecule has 1 aromatic rings. The maximum atomic E-state index is 5.73. The molecule has 0 fully saturated rings. The van der Waals surface area contributed by atoms with E-state index >= 15 is 0 Å². The molecule has 86 valence electrons. The van der Waals surface area contributed by atoms with Crippen molar-refractivity contribution in [2.75, 3.05) is 5.88 Å². The van der Waals surface area contributed by atoms with Crippen LogP contribution in [0.5, 0.6) is 0 Å². The van der Waals surface area contributed by atoms with Gasteiger partial charge in [0.2, 0.25) is 0 Å². The number of hydrogen-bond acceptors (Lipinski definition) is 3. The van der Waals surface area contributed by atoms with Gasteiger partial charge in [-0.15, -0.1) is 22.9 Å². The zero-order valence-electron chi connectivity index (χ0n) is 9.64. The van der Waals surface area contributed by atoms with Crippen molar-refractivity contribution in [2.24, 2.45) is 0 Å². The molecule has 0 saturated heterocycles. The predicted molar refractivity (Wildman–Crippen MR) is 67.8 cm³/mol. The SMILES string of the molecule is CCC(CCCl)NCc1nc(C)c(C)s1. The van der Waals surface area contributed by atoms with E-state index in [-0.39, 0.29) is 0 Å². The van der Waals surface area contributed by atoms with Crippen molar-refractivity contribution in [3.8, 4) is 0 Å². The highest BCUT2D eigenvalue weighted by Gasteiger charge is 2.07. The molecule has 0 amide bonds. The van der Waals surface area contributed by atoms with Crippen LogP contribution in [-0.2, 0) is 6.54 Å². The Morgan fingerprint density at radius 3 is 2.67 bits per heavy atom. The van der Waals surface area contributed by atoms with E-state index in [9.17, 15) is 0 Å². The van der Waals surface area contributed by atoms with E-state index in [0.29, 0.717) is 6.04 Å². The first-order chi connectivity index (χ1) is 7.17. The van der Waals surface area contributed by atoms with E-state index in [1.54, 1.807) is 11.3 Å². The summed E-state index contributed by atoms with van der Waals surface area (Å²) in [6, 6.07) is 0.520. The lowest BCUT2D eigenvalue weighted by Gasteiger charge is -2.14. The number of nitrogens with one attached hydrogen (secondary N) is 1. The van der Waals surface area contributed by atoms with Crippen molar-refractivity contribution in [1.82, 2.24) is 10.3 Å². The number of nitrogens with zero attached hydrogens (tertiary/aromatic N) is 1. The molecule has 1 heterocycles. The van der Waals surface area contributed by atoms with Crippen molar-refractivity contribution in [3.63, 3.8) is 0 Å². The number of aryl methyl sites for hydroxylation is 2. The van der Waals surface area contributed by atoms with E-state index in [4.69, 9.17) is 11.6 Å². The molecule has 1 aromatic heterocycles. The molecule has 1 rings (SSSR count). The zero-order valence-corrected chi connectivity index (χ0v) is 11.2. The molecule has 0 saturated carbocycles. The fraction of sp³-hybridized carbons (Fsp3) is 0.727. The van der Waals surface area contributed by atoms with Gasteiger partial charge >= 0.3 is 0 Å². The minimum Gasteiger partial charge on any atom is -0.308 e. The molecular formula is C11H19ClN2S. The number of halogens is 1. The van der Waals surface area contributed by atoms with Crippen molar-refractivity contribution >= 4 is 22.9 Å². The van der Waals surface area contributed by atoms with E-state index in [2.05, 4.69) is 31.1 Å². The van der Waals surface area contributed by atoms with Crippen LogP contribution in [0.15, 0.2) is 0 Å². The van der Waals surface area contributed by atoms with Crippen LogP contribution in [0.1, 0.15) is 35.3 Å². The molecule has 15 heavy (non-hydrogen) atoms. The Labute approximate surface area is 101 Å². The highest BCUT2D eigenvalue weighted by molar-refractivity contribution is 7.11. The molecule has 0 aliphatic carbocycles. The molecule has 0 aliphatic heterocycles. The predicted octanol–water partition coefficient (Wildman–Crippen LogP) is 3.26. The summed E-state index contributed by atoms with van der Waals surface area (Å²) in [5.74, 6) is 0.724. The summed E-state index contributed by atoms with van der Waals surface area (Å²) in [5, 5.41) is 4.67. The van der Waals surface area contributed by atoms with Gasteiger partial charge in [0, 0.05) is 23.3 Å². The molecule has 2 nitrogen and oxygen atoms in total. The first kappa shape index (κ1) is 12.9. The zero-order chi connectivity index (χ0) is 11.3. The van der Waals surface area contributed by atoms with Crippen LogP contribution in [0.4, 0.5) is 0 Å². The summed E-state index contributed by atoms with van der Waals surface area (Å²) in [5.41, 5.74) is 1.15. The quantitative estimate of drug-likeness (QED) is 0.780. The first-order valence-electron chi connectivity index (χ1n) is 5.39. The van der Waals surface area contributed by atoms with Crippen LogP contribution in [-0.4, -0.2) is 16.9 Å². The molecule has 1 atom stereocenters. The van der Waals surface area contributed by atoms with Crippen LogP contribution in [0.25, 0.3) is 0 Å². The van der Waals surface area contributed by atoms with Gasteiger partial charge in [0.1, 0.15) is 5.01 Å². The lowest BCUT2D eigenvalue weighted by molar-refractivity contribution is 0.485. The first-order valence-corrected chi connectivity index (χ1v) is 6.74. The number of aromatic nitrogens is 1. The summed E-state index contributed by atoms with van der Waals surface area (Å²) < 4.78 is 0. The van der Waals surface area contributed by atoms with E-state index in [1.165, 1.54) is 9.88 Å². The fourth-order valence-corrected chi connectivity index (χ4v) is 2.58. The van der Waals surface area contributed by atoms with Crippen LogP contribution in [0, 0.1) is 13.8 Å². The van der Waals surface area contributed by atoms with Gasteiger partial charge in [-0.3, -0.25) is 0 Å². The average Bonchev–Trinajstić information content (AvgIpc) is 2.53. The van der Waals surface area contributed by atoms with Gasteiger partial charge in [0.15, 0.2) is 0 Å². The summed E-state index contributed by atoms with van der Waals surface area (Å²) in [6.07, 6.45) is 2.15. The third kappa shape index (κ3) is 4.09. The summed E-state index contributed by atoms with van der Waals surface area (Å²) >= 11 is 7.51. The van der Waals surface area contributed by atoms with Crippen LogP contribution < -0.4 is 5.32 Å². The summed E-state index contributed by atoms with van der Waals surface area (Å²) in [7, 11) is 0. The van der Waals surface area contributed by atoms with Gasteiger partial charge in [-0.25, -0.2) is 4.98 Å². The standard InChI is InChI=1S/C11H19ClN2S/c1-4-10(5-6-12)13-7-11-14-8(2)9(3)15-11/h10,13H,4-7H2,1-3H3. The van der Waals surface area contributed by atoms with Gasteiger partial charge < -0.3 is 5.32 Å².